The highest BCUT2D eigenvalue weighted by Crippen LogP contribution is 2.15. The monoisotopic (exact) mass is 336 g/mol. The van der Waals surface area contributed by atoms with E-state index in [1.54, 1.807) is 9.80 Å². The number of rotatable bonds is 5. The molecule has 1 aliphatic heterocycles. The van der Waals surface area contributed by atoms with Crippen molar-refractivity contribution in [2.45, 2.75) is 26.6 Å². The molecule has 4 nitrogen and oxygen atoms in total. The largest absolute Gasteiger partial charge is 0.324 e. The number of nitrogens with zero attached hydrogens (tertiary/aromatic N) is 2. The zero-order valence-electron chi connectivity index (χ0n) is 15.0. The summed E-state index contributed by atoms with van der Waals surface area (Å²) in [7, 11) is 0. The number of piperazine rings is 1. The highest BCUT2D eigenvalue weighted by molar-refractivity contribution is 5.75. The van der Waals surface area contributed by atoms with E-state index >= 15 is 0 Å². The van der Waals surface area contributed by atoms with Crippen molar-refractivity contribution in [2.75, 3.05) is 26.2 Å². The Morgan fingerprint density at radius 1 is 0.840 bits per heavy atom. The second-order valence-corrected chi connectivity index (χ2v) is 7.10. The zero-order chi connectivity index (χ0) is 17.1. The van der Waals surface area contributed by atoms with Gasteiger partial charge in [-0.05, 0) is 19.1 Å². The van der Waals surface area contributed by atoms with E-state index in [0.29, 0.717) is 0 Å². The van der Waals surface area contributed by atoms with E-state index in [9.17, 15) is 0 Å². The molecule has 0 saturated carbocycles. The molecular formula is C21H28N4+2. The van der Waals surface area contributed by atoms with Crippen molar-refractivity contribution >= 4 is 11.0 Å². The molecule has 1 saturated heterocycles. The van der Waals surface area contributed by atoms with Crippen LogP contribution in [0.3, 0.4) is 0 Å². The fourth-order valence-corrected chi connectivity index (χ4v) is 4.03. The molecule has 0 amide bonds. The first-order valence-corrected chi connectivity index (χ1v) is 9.48. The van der Waals surface area contributed by atoms with E-state index in [0.717, 1.165) is 25.2 Å². The fourth-order valence-electron chi connectivity index (χ4n) is 4.03. The third-order valence-corrected chi connectivity index (χ3v) is 5.42. The van der Waals surface area contributed by atoms with E-state index in [4.69, 9.17) is 4.98 Å². The van der Waals surface area contributed by atoms with Gasteiger partial charge in [0.25, 0.3) is 0 Å². The lowest BCUT2D eigenvalue weighted by molar-refractivity contribution is -1.02. The summed E-state index contributed by atoms with van der Waals surface area (Å²) in [6.45, 7) is 10.4. The standard InChI is InChI=1S/C21H26N4/c1-2-25-20-11-7-6-10-19(20)22-21(25)17-24-14-12-23(13-15-24)16-18-8-4-3-5-9-18/h3-11H,2,12-17H2,1H3/p+2. The Morgan fingerprint density at radius 2 is 1.48 bits per heavy atom. The molecule has 4 heteroatoms. The SMILES string of the molecule is CCn1c(C[NH+]2CC[NH+](Cc3ccccc3)CC2)nc2ccccc21. The quantitative estimate of drug-likeness (QED) is 0.699. The van der Waals surface area contributed by atoms with Crippen molar-refractivity contribution in [2.24, 2.45) is 0 Å². The average molecular weight is 336 g/mol. The summed E-state index contributed by atoms with van der Waals surface area (Å²) in [5, 5.41) is 0. The van der Waals surface area contributed by atoms with Crippen LogP contribution in [0.4, 0.5) is 0 Å². The fraction of sp³-hybridized carbons (Fsp3) is 0.381. The Kier molecular flexibility index (Phi) is 4.81. The maximum absolute atomic E-state index is 4.90. The van der Waals surface area contributed by atoms with E-state index < -0.39 is 0 Å². The Bertz CT molecular complexity index is 816. The van der Waals surface area contributed by atoms with Crippen LogP contribution in [-0.2, 0) is 19.6 Å². The van der Waals surface area contributed by atoms with Crippen LogP contribution >= 0.6 is 0 Å². The van der Waals surface area contributed by atoms with Gasteiger partial charge in [-0.25, -0.2) is 4.98 Å². The molecule has 1 aromatic heterocycles. The molecule has 4 rings (SSSR count). The van der Waals surface area contributed by atoms with Crippen LogP contribution in [0, 0.1) is 0 Å². The number of fused-ring (bicyclic) bond motifs is 1. The number of imidazole rings is 1. The third-order valence-electron chi connectivity index (χ3n) is 5.42. The van der Waals surface area contributed by atoms with Crippen molar-refractivity contribution < 1.29 is 9.80 Å². The Labute approximate surface area is 149 Å². The topological polar surface area (TPSA) is 26.7 Å². The number of benzene rings is 2. The molecule has 0 radical (unpaired) electrons. The normalized spacial score (nSPS) is 20.8. The summed E-state index contributed by atoms with van der Waals surface area (Å²) in [6, 6.07) is 19.4. The maximum atomic E-state index is 4.90. The average Bonchev–Trinajstić information content (AvgIpc) is 3.01. The first-order chi connectivity index (χ1) is 12.3. The van der Waals surface area contributed by atoms with Crippen LogP contribution in [0.5, 0.6) is 0 Å². The van der Waals surface area contributed by atoms with Crippen molar-refractivity contribution in [3.05, 3.63) is 66.0 Å². The predicted octanol–water partition coefficient (Wildman–Crippen LogP) is 0.540. The van der Waals surface area contributed by atoms with Crippen molar-refractivity contribution in [1.29, 1.82) is 0 Å². The Hall–Kier alpha value is -2.17. The number of aryl methyl sites for hydroxylation is 1. The summed E-state index contributed by atoms with van der Waals surface area (Å²) < 4.78 is 2.38. The van der Waals surface area contributed by atoms with Gasteiger partial charge in [-0.3, -0.25) is 0 Å². The number of nitrogens with one attached hydrogen (secondary N) is 2. The second kappa shape index (κ2) is 7.38. The van der Waals surface area contributed by atoms with Gasteiger partial charge in [0.2, 0.25) is 0 Å². The molecule has 3 aromatic rings. The molecule has 2 N–H and O–H groups in total. The molecule has 2 aromatic carbocycles. The number of hydrogen-bond acceptors (Lipinski definition) is 1. The van der Waals surface area contributed by atoms with Gasteiger partial charge in [0, 0.05) is 12.1 Å². The third kappa shape index (κ3) is 3.60. The molecule has 130 valence electrons. The maximum Gasteiger partial charge on any atom is 0.165 e. The van der Waals surface area contributed by atoms with E-state index in [1.165, 1.54) is 43.1 Å². The molecule has 1 fully saturated rings. The van der Waals surface area contributed by atoms with Crippen LogP contribution in [0.2, 0.25) is 0 Å². The van der Waals surface area contributed by atoms with Gasteiger partial charge in [0.05, 0.1) is 11.0 Å². The molecule has 0 bridgehead atoms. The van der Waals surface area contributed by atoms with Gasteiger partial charge < -0.3 is 14.4 Å². The minimum atomic E-state index is 0.995. The minimum Gasteiger partial charge on any atom is -0.324 e. The van der Waals surface area contributed by atoms with Gasteiger partial charge in [-0.1, -0.05) is 42.5 Å². The number of aromatic nitrogens is 2. The van der Waals surface area contributed by atoms with E-state index in [-0.39, 0.29) is 0 Å². The Morgan fingerprint density at radius 3 is 2.20 bits per heavy atom. The van der Waals surface area contributed by atoms with Crippen LogP contribution in [0.15, 0.2) is 54.6 Å². The molecule has 2 heterocycles. The first kappa shape index (κ1) is 16.3. The van der Waals surface area contributed by atoms with E-state index in [1.807, 2.05) is 0 Å². The van der Waals surface area contributed by atoms with Gasteiger partial charge in [-0.15, -0.1) is 0 Å². The molecule has 25 heavy (non-hydrogen) atoms. The van der Waals surface area contributed by atoms with Crippen LogP contribution in [0.25, 0.3) is 11.0 Å². The molecule has 0 unspecified atom stereocenters. The van der Waals surface area contributed by atoms with Crippen LogP contribution in [0.1, 0.15) is 18.3 Å². The Balaban J connectivity index is 1.39. The first-order valence-electron chi connectivity index (χ1n) is 9.48. The summed E-state index contributed by atoms with van der Waals surface area (Å²) in [6.07, 6.45) is 0. The van der Waals surface area contributed by atoms with Crippen LogP contribution < -0.4 is 9.80 Å². The summed E-state index contributed by atoms with van der Waals surface area (Å²) in [5.74, 6) is 1.24. The lowest BCUT2D eigenvalue weighted by Gasteiger charge is -2.29. The lowest BCUT2D eigenvalue weighted by atomic mass is 10.2. The highest BCUT2D eigenvalue weighted by Gasteiger charge is 2.24. The van der Waals surface area contributed by atoms with Crippen molar-refractivity contribution in [1.82, 2.24) is 9.55 Å². The molecule has 1 aliphatic rings. The van der Waals surface area contributed by atoms with Gasteiger partial charge in [0.1, 0.15) is 39.3 Å². The second-order valence-electron chi connectivity index (χ2n) is 7.10. The highest BCUT2D eigenvalue weighted by atomic mass is 15.3. The lowest BCUT2D eigenvalue weighted by Crippen LogP contribution is -3.27. The summed E-state index contributed by atoms with van der Waals surface area (Å²) in [5.41, 5.74) is 3.86. The number of para-hydroxylation sites is 2. The van der Waals surface area contributed by atoms with Crippen LogP contribution in [-0.4, -0.2) is 35.7 Å². The number of hydrogen-bond donors (Lipinski definition) is 2. The molecule has 0 aliphatic carbocycles. The van der Waals surface area contributed by atoms with Gasteiger partial charge in [-0.2, -0.15) is 0 Å². The summed E-state index contributed by atoms with van der Waals surface area (Å²) >= 11 is 0. The van der Waals surface area contributed by atoms with Gasteiger partial charge >= 0.3 is 0 Å². The smallest absolute Gasteiger partial charge is 0.165 e. The number of quaternary nitrogens is 2. The van der Waals surface area contributed by atoms with Crippen molar-refractivity contribution in [3.8, 4) is 0 Å². The molecule has 0 spiro atoms. The van der Waals surface area contributed by atoms with Gasteiger partial charge in [0.15, 0.2) is 5.82 Å². The summed E-state index contributed by atoms with van der Waals surface area (Å²) in [4.78, 5) is 8.28. The van der Waals surface area contributed by atoms with Crippen molar-refractivity contribution in [3.63, 3.8) is 0 Å². The van der Waals surface area contributed by atoms with E-state index in [2.05, 4.69) is 66.1 Å². The zero-order valence-corrected chi connectivity index (χ0v) is 15.0. The molecular weight excluding hydrogens is 308 g/mol. The minimum absolute atomic E-state index is 0.995. The molecule has 0 atom stereocenters. The predicted molar refractivity (Wildman–Crippen MR) is 101 cm³/mol.